The molecule has 5 heteroatoms. The predicted molar refractivity (Wildman–Crippen MR) is 106 cm³/mol. The second kappa shape index (κ2) is 7.91. The van der Waals surface area contributed by atoms with Crippen molar-refractivity contribution in [3.8, 4) is 0 Å². The lowest BCUT2D eigenvalue weighted by atomic mass is 9.93. The summed E-state index contributed by atoms with van der Waals surface area (Å²) >= 11 is 6.03. The molecule has 140 valence electrons. The van der Waals surface area contributed by atoms with E-state index < -0.39 is 0 Å². The van der Waals surface area contributed by atoms with Gasteiger partial charge in [-0.2, -0.15) is 0 Å². The minimum absolute atomic E-state index is 0.0407. The molecular formula is C22H25ClN3O+. The van der Waals surface area contributed by atoms with Crippen molar-refractivity contribution < 1.29 is 9.49 Å². The second-order valence-corrected chi connectivity index (χ2v) is 8.02. The maximum Gasteiger partial charge on any atom is 0.444 e. The maximum absolute atomic E-state index is 13.2. The van der Waals surface area contributed by atoms with Gasteiger partial charge in [0.1, 0.15) is 6.04 Å². The highest BCUT2D eigenvalue weighted by Crippen LogP contribution is 2.32. The summed E-state index contributed by atoms with van der Waals surface area (Å²) in [6.45, 7) is 2.09. The van der Waals surface area contributed by atoms with Crippen molar-refractivity contribution in [2.75, 3.05) is 20.1 Å². The summed E-state index contributed by atoms with van der Waals surface area (Å²) in [5.74, 6) is 0.0486. The van der Waals surface area contributed by atoms with Crippen LogP contribution in [0.3, 0.4) is 0 Å². The highest BCUT2D eigenvalue weighted by Gasteiger charge is 2.40. The normalized spacial score (nSPS) is 23.5. The van der Waals surface area contributed by atoms with Crippen LogP contribution in [-0.4, -0.2) is 41.7 Å². The first-order valence-corrected chi connectivity index (χ1v) is 10.1. The maximum atomic E-state index is 13.2. The van der Waals surface area contributed by atoms with E-state index in [0.717, 1.165) is 54.9 Å². The molecule has 27 heavy (non-hydrogen) atoms. The smallest absolute Gasteiger partial charge is 0.306 e. The Labute approximate surface area is 165 Å². The highest BCUT2D eigenvalue weighted by molar-refractivity contribution is 6.30. The Kier molecular flexibility index (Phi) is 5.37. The molecule has 2 aromatic rings. The number of halogens is 1. The monoisotopic (exact) mass is 382 g/mol. The third-order valence-corrected chi connectivity index (χ3v) is 5.88. The average Bonchev–Trinajstić information content (AvgIpc) is 2.90. The van der Waals surface area contributed by atoms with Crippen LogP contribution in [0.4, 0.5) is 0 Å². The number of carbonyl (C=O) groups is 1. The molecule has 2 aromatic carbocycles. The van der Waals surface area contributed by atoms with Gasteiger partial charge in [-0.3, -0.25) is 0 Å². The van der Waals surface area contributed by atoms with Crippen molar-refractivity contribution in [3.63, 3.8) is 0 Å². The molecule has 4 rings (SSSR count). The Morgan fingerprint density at radius 3 is 2.70 bits per heavy atom. The summed E-state index contributed by atoms with van der Waals surface area (Å²) in [5.41, 5.74) is 3.00. The van der Waals surface area contributed by atoms with Gasteiger partial charge >= 0.3 is 5.91 Å². The molecule has 1 amide bonds. The van der Waals surface area contributed by atoms with Crippen LogP contribution >= 0.6 is 11.6 Å². The van der Waals surface area contributed by atoms with Crippen LogP contribution in [0, 0.1) is 0 Å². The van der Waals surface area contributed by atoms with Gasteiger partial charge in [0.15, 0.2) is 6.04 Å². The van der Waals surface area contributed by atoms with Crippen LogP contribution in [0.5, 0.6) is 0 Å². The zero-order valence-electron chi connectivity index (χ0n) is 15.6. The van der Waals surface area contributed by atoms with Crippen molar-refractivity contribution >= 4 is 17.5 Å². The summed E-state index contributed by atoms with van der Waals surface area (Å²) < 4.78 is 1.79. The molecule has 2 heterocycles. The minimum atomic E-state index is -0.0407. The molecule has 1 saturated heterocycles. The third-order valence-electron chi connectivity index (χ3n) is 5.63. The van der Waals surface area contributed by atoms with Gasteiger partial charge in [0, 0.05) is 36.4 Å². The molecule has 0 saturated carbocycles. The fraction of sp³-hybridized carbons (Fsp3) is 0.409. The molecule has 2 aliphatic rings. The predicted octanol–water partition coefficient (Wildman–Crippen LogP) is 4.73. The van der Waals surface area contributed by atoms with E-state index in [4.69, 9.17) is 16.7 Å². The molecule has 2 atom stereocenters. The lowest BCUT2D eigenvalue weighted by Gasteiger charge is -2.20. The third kappa shape index (κ3) is 3.97. The summed E-state index contributed by atoms with van der Waals surface area (Å²) in [6, 6.07) is 16.0. The average molecular weight is 383 g/mol. The van der Waals surface area contributed by atoms with E-state index in [1.165, 1.54) is 5.56 Å². The summed E-state index contributed by atoms with van der Waals surface area (Å²) in [6.07, 6.45) is 3.85. The quantitative estimate of drug-likeness (QED) is 0.719. The summed E-state index contributed by atoms with van der Waals surface area (Å²) in [4.78, 5) is 15.5. The van der Waals surface area contributed by atoms with Gasteiger partial charge in [0.25, 0.3) is 0 Å². The first kappa shape index (κ1) is 18.3. The van der Waals surface area contributed by atoms with Gasteiger partial charge in [-0.1, -0.05) is 41.9 Å². The van der Waals surface area contributed by atoms with Crippen LogP contribution in [0.25, 0.3) is 0 Å². The van der Waals surface area contributed by atoms with Gasteiger partial charge in [-0.25, -0.2) is 4.79 Å². The first-order valence-electron chi connectivity index (χ1n) is 9.68. The van der Waals surface area contributed by atoms with Crippen LogP contribution < -0.4 is 0 Å². The SMILES string of the molecule is CN1CCCC([N+]2=NC(Cc3ccc(Cl)cc3)c3ccccc3C2=O)CC1. The Morgan fingerprint density at radius 2 is 1.89 bits per heavy atom. The number of hydrogen-bond donors (Lipinski definition) is 0. The molecule has 0 bridgehead atoms. The number of likely N-dealkylation sites (tertiary alicyclic amines) is 1. The second-order valence-electron chi connectivity index (χ2n) is 7.59. The number of hydrogen-bond acceptors (Lipinski definition) is 3. The number of azo groups is 2. The number of rotatable bonds is 3. The molecule has 2 unspecified atom stereocenters. The van der Waals surface area contributed by atoms with Crippen molar-refractivity contribution in [1.29, 1.82) is 0 Å². The number of carbonyl (C=O) groups excluding carboxylic acids is 1. The molecule has 1 fully saturated rings. The Hall–Kier alpha value is -2.04. The molecule has 0 spiro atoms. The van der Waals surface area contributed by atoms with Crippen molar-refractivity contribution in [2.45, 2.75) is 37.8 Å². The van der Waals surface area contributed by atoms with Gasteiger partial charge in [-0.05, 0) is 53.6 Å². The van der Waals surface area contributed by atoms with E-state index in [-0.39, 0.29) is 18.0 Å². The van der Waals surface area contributed by atoms with E-state index in [1.807, 2.05) is 48.5 Å². The summed E-state index contributed by atoms with van der Waals surface area (Å²) in [7, 11) is 2.15. The van der Waals surface area contributed by atoms with Gasteiger partial charge in [0.05, 0.1) is 5.56 Å². The van der Waals surface area contributed by atoms with Crippen molar-refractivity contribution in [1.82, 2.24) is 4.90 Å². The van der Waals surface area contributed by atoms with E-state index in [1.54, 1.807) is 4.70 Å². The minimum Gasteiger partial charge on any atom is -0.306 e. The fourth-order valence-electron chi connectivity index (χ4n) is 4.09. The highest BCUT2D eigenvalue weighted by atomic mass is 35.5. The van der Waals surface area contributed by atoms with E-state index in [2.05, 4.69) is 11.9 Å². The molecule has 0 radical (unpaired) electrons. The Morgan fingerprint density at radius 1 is 1.11 bits per heavy atom. The number of fused-ring (bicyclic) bond motifs is 1. The largest absolute Gasteiger partial charge is 0.444 e. The van der Waals surface area contributed by atoms with Crippen molar-refractivity contribution in [3.05, 3.63) is 70.2 Å². The van der Waals surface area contributed by atoms with E-state index >= 15 is 0 Å². The van der Waals surface area contributed by atoms with Crippen LogP contribution in [-0.2, 0) is 6.42 Å². The first-order chi connectivity index (χ1) is 13.1. The molecule has 0 N–H and O–H groups in total. The van der Waals surface area contributed by atoms with Gasteiger partial charge in [-0.15, -0.1) is 0 Å². The van der Waals surface area contributed by atoms with Crippen LogP contribution in [0.1, 0.15) is 46.8 Å². The zero-order valence-corrected chi connectivity index (χ0v) is 16.4. The van der Waals surface area contributed by atoms with Crippen LogP contribution in [0.2, 0.25) is 5.02 Å². The van der Waals surface area contributed by atoms with Crippen LogP contribution in [0.15, 0.2) is 53.6 Å². The zero-order chi connectivity index (χ0) is 18.8. The number of benzene rings is 2. The standard InChI is InChI=1S/C22H25ClN3O/c1-25-13-4-5-18(12-14-25)26-22(27)20-7-3-2-6-19(20)21(24-26)15-16-8-10-17(23)11-9-16/h2-3,6-11,18,21H,4-5,12-15H2,1H3/q+1. The molecule has 0 aliphatic carbocycles. The summed E-state index contributed by atoms with van der Waals surface area (Å²) in [5, 5.41) is 5.68. The molecule has 4 nitrogen and oxygen atoms in total. The number of nitrogens with zero attached hydrogens (tertiary/aromatic N) is 3. The molecule has 2 aliphatic heterocycles. The number of amides is 1. The Bertz CT molecular complexity index is 862. The van der Waals surface area contributed by atoms with Gasteiger partial charge < -0.3 is 4.90 Å². The topological polar surface area (TPSA) is 35.7 Å². The molecular weight excluding hydrogens is 358 g/mol. The van der Waals surface area contributed by atoms with E-state index in [9.17, 15) is 4.79 Å². The van der Waals surface area contributed by atoms with Crippen molar-refractivity contribution in [2.24, 2.45) is 5.11 Å². The van der Waals surface area contributed by atoms with Gasteiger partial charge in [0.2, 0.25) is 0 Å². The lowest BCUT2D eigenvalue weighted by Crippen LogP contribution is -2.36. The lowest BCUT2D eigenvalue weighted by molar-refractivity contribution is -0.546. The fourth-order valence-corrected chi connectivity index (χ4v) is 4.22. The Balaban J connectivity index is 1.67. The van der Waals surface area contributed by atoms with E-state index in [0.29, 0.717) is 0 Å². The molecule has 0 aromatic heterocycles.